The molecular weight excluding hydrogens is 502 g/mol. The van der Waals surface area contributed by atoms with Crippen molar-refractivity contribution in [3.05, 3.63) is 120 Å². The van der Waals surface area contributed by atoms with E-state index in [-0.39, 0.29) is 28.4 Å². The third-order valence-electron chi connectivity index (χ3n) is 5.58. The predicted octanol–water partition coefficient (Wildman–Crippen LogP) is 4.95. The minimum atomic E-state index is -4.01. The molecular formula is C29H27N3O5S. The lowest BCUT2D eigenvalue weighted by Crippen LogP contribution is -2.33. The molecule has 0 heterocycles. The Hall–Kier alpha value is -4.63. The average Bonchev–Trinajstić information content (AvgIpc) is 2.94. The number of phenolic OH excluding ortho intramolecular Hbond substituents is 1. The number of carbonyl (C=O) groups excluding carboxylic acids is 1. The van der Waals surface area contributed by atoms with Crippen molar-refractivity contribution in [2.24, 2.45) is 5.10 Å². The fourth-order valence-electron chi connectivity index (χ4n) is 3.76. The van der Waals surface area contributed by atoms with Gasteiger partial charge in [-0.3, -0.25) is 9.10 Å². The maximum atomic E-state index is 13.8. The molecule has 2 N–H and O–H groups in total. The van der Waals surface area contributed by atoms with E-state index in [1.165, 1.54) is 28.7 Å². The first-order chi connectivity index (χ1) is 18.4. The molecule has 0 spiro atoms. The molecule has 4 rings (SSSR count). The van der Waals surface area contributed by atoms with Crippen LogP contribution in [0, 0.1) is 0 Å². The van der Waals surface area contributed by atoms with Gasteiger partial charge in [0.1, 0.15) is 0 Å². The molecule has 1 amide bonds. The number of rotatable bonds is 10. The van der Waals surface area contributed by atoms with E-state index in [9.17, 15) is 18.3 Å². The molecule has 0 bridgehead atoms. The van der Waals surface area contributed by atoms with Crippen LogP contribution < -0.4 is 14.5 Å². The molecule has 0 aliphatic rings. The molecule has 0 saturated carbocycles. The number of hydrogen-bond acceptors (Lipinski definition) is 6. The first-order valence-electron chi connectivity index (χ1n) is 11.9. The van der Waals surface area contributed by atoms with Crippen molar-refractivity contribution in [3.63, 3.8) is 0 Å². The zero-order chi connectivity index (χ0) is 27.0. The molecule has 38 heavy (non-hydrogen) atoms. The second-order valence-corrected chi connectivity index (χ2v) is 10.0. The highest BCUT2D eigenvalue weighted by molar-refractivity contribution is 7.92. The Bertz CT molecular complexity index is 1520. The van der Waals surface area contributed by atoms with Crippen molar-refractivity contribution in [2.45, 2.75) is 18.4 Å². The van der Waals surface area contributed by atoms with E-state index in [2.05, 4.69) is 10.5 Å². The van der Waals surface area contributed by atoms with Gasteiger partial charge in [0, 0.05) is 0 Å². The summed E-state index contributed by atoms with van der Waals surface area (Å²) >= 11 is 0. The van der Waals surface area contributed by atoms with E-state index in [0.717, 1.165) is 5.56 Å². The predicted molar refractivity (Wildman–Crippen MR) is 147 cm³/mol. The summed E-state index contributed by atoms with van der Waals surface area (Å²) in [5, 5.41) is 13.9. The minimum Gasteiger partial charge on any atom is -0.504 e. The Balaban J connectivity index is 1.65. The van der Waals surface area contributed by atoms with Gasteiger partial charge in [-0.1, -0.05) is 60.7 Å². The number of carbonyl (C=O) groups is 1. The Kier molecular flexibility index (Phi) is 8.40. The van der Waals surface area contributed by atoms with Gasteiger partial charge in [-0.05, 0) is 60.5 Å². The van der Waals surface area contributed by atoms with Crippen molar-refractivity contribution < 1.29 is 23.1 Å². The summed E-state index contributed by atoms with van der Waals surface area (Å²) in [6, 6.07) is 28.4. The van der Waals surface area contributed by atoms with Gasteiger partial charge in [0.05, 0.1) is 35.5 Å². The van der Waals surface area contributed by atoms with Crippen LogP contribution in [0.3, 0.4) is 0 Å². The summed E-state index contributed by atoms with van der Waals surface area (Å²) in [6.07, 6.45) is 1.41. The van der Waals surface area contributed by atoms with E-state index in [0.29, 0.717) is 17.9 Å². The molecule has 0 aromatic heterocycles. The average molecular weight is 530 g/mol. The molecule has 0 fully saturated rings. The second-order valence-electron chi connectivity index (χ2n) is 8.19. The van der Waals surface area contributed by atoms with E-state index in [1.54, 1.807) is 61.5 Å². The monoisotopic (exact) mass is 529 g/mol. The van der Waals surface area contributed by atoms with E-state index >= 15 is 0 Å². The Morgan fingerprint density at radius 3 is 2.32 bits per heavy atom. The number of phenols is 1. The topological polar surface area (TPSA) is 108 Å². The summed E-state index contributed by atoms with van der Waals surface area (Å²) in [5.74, 6) is -0.280. The van der Waals surface area contributed by atoms with Crippen LogP contribution in [0.25, 0.3) is 0 Å². The third kappa shape index (κ3) is 6.19. The highest BCUT2D eigenvalue weighted by atomic mass is 32.2. The van der Waals surface area contributed by atoms with Crippen LogP contribution in [0.1, 0.15) is 28.4 Å². The lowest BCUT2D eigenvalue weighted by Gasteiger charge is -2.26. The van der Waals surface area contributed by atoms with Gasteiger partial charge in [-0.25, -0.2) is 13.8 Å². The van der Waals surface area contributed by atoms with Gasteiger partial charge >= 0.3 is 0 Å². The molecule has 0 saturated heterocycles. The number of para-hydroxylation sites is 1. The van der Waals surface area contributed by atoms with E-state index in [1.807, 2.05) is 30.3 Å². The summed E-state index contributed by atoms with van der Waals surface area (Å²) in [7, 11) is -4.01. The normalized spacial score (nSPS) is 11.3. The van der Waals surface area contributed by atoms with E-state index in [4.69, 9.17) is 4.74 Å². The highest BCUT2D eigenvalue weighted by Gasteiger charge is 2.28. The zero-order valence-electron chi connectivity index (χ0n) is 20.7. The number of hydrogen-bond donors (Lipinski definition) is 2. The van der Waals surface area contributed by atoms with Crippen molar-refractivity contribution in [2.75, 3.05) is 10.9 Å². The fraction of sp³-hybridized carbons (Fsp3) is 0.103. The van der Waals surface area contributed by atoms with Gasteiger partial charge in [0.2, 0.25) is 0 Å². The summed E-state index contributed by atoms with van der Waals surface area (Å²) in [6.45, 7) is 2.21. The van der Waals surface area contributed by atoms with Gasteiger partial charge in [0.25, 0.3) is 15.9 Å². The number of nitrogens with one attached hydrogen (secondary N) is 1. The number of sulfonamides is 1. The number of nitrogens with zero attached hydrogens (tertiary/aromatic N) is 2. The summed E-state index contributed by atoms with van der Waals surface area (Å²) in [4.78, 5) is 13.3. The summed E-state index contributed by atoms with van der Waals surface area (Å²) < 4.78 is 34.1. The molecule has 4 aromatic carbocycles. The molecule has 4 aromatic rings. The van der Waals surface area contributed by atoms with Crippen LogP contribution >= 0.6 is 0 Å². The molecule has 0 aliphatic carbocycles. The number of hydrazone groups is 1. The van der Waals surface area contributed by atoms with Crippen LogP contribution in [0.15, 0.2) is 113 Å². The van der Waals surface area contributed by atoms with Gasteiger partial charge in [-0.15, -0.1) is 0 Å². The van der Waals surface area contributed by atoms with Crippen LogP contribution in [-0.2, 0) is 16.6 Å². The number of anilines is 1. The van der Waals surface area contributed by atoms with Gasteiger partial charge < -0.3 is 9.84 Å². The smallest absolute Gasteiger partial charge is 0.273 e. The van der Waals surface area contributed by atoms with Crippen molar-refractivity contribution in [3.8, 4) is 11.5 Å². The van der Waals surface area contributed by atoms with Gasteiger partial charge in [-0.2, -0.15) is 5.10 Å². The molecule has 0 atom stereocenters. The Labute approximate surface area is 221 Å². The number of benzene rings is 4. The largest absolute Gasteiger partial charge is 0.504 e. The standard InChI is InChI=1S/C29H27N3O5S/c1-2-37-28-19-23(17-18-27(28)33)20-30-31-29(34)25-15-9-10-16-26(25)32(21-22-11-5-3-6-12-22)38(35,36)24-13-7-4-8-14-24/h3-20,33H,2,21H2,1H3,(H,31,34)/b30-20-. The fourth-order valence-corrected chi connectivity index (χ4v) is 5.25. The highest BCUT2D eigenvalue weighted by Crippen LogP contribution is 2.29. The van der Waals surface area contributed by atoms with Crippen LogP contribution in [0.4, 0.5) is 5.69 Å². The first-order valence-corrected chi connectivity index (χ1v) is 13.3. The van der Waals surface area contributed by atoms with Crippen LogP contribution in [-0.4, -0.2) is 32.3 Å². The molecule has 8 nitrogen and oxygen atoms in total. The lowest BCUT2D eigenvalue weighted by molar-refractivity contribution is 0.0955. The van der Waals surface area contributed by atoms with E-state index < -0.39 is 15.9 Å². The third-order valence-corrected chi connectivity index (χ3v) is 7.35. The van der Waals surface area contributed by atoms with Crippen LogP contribution in [0.5, 0.6) is 11.5 Å². The summed E-state index contributed by atoms with van der Waals surface area (Å²) in [5.41, 5.74) is 4.18. The first kappa shape index (κ1) is 26.4. The van der Waals surface area contributed by atoms with Crippen molar-refractivity contribution >= 4 is 27.8 Å². The Morgan fingerprint density at radius 1 is 0.947 bits per heavy atom. The zero-order valence-corrected chi connectivity index (χ0v) is 21.5. The molecule has 0 aliphatic heterocycles. The quantitative estimate of drug-likeness (QED) is 0.223. The van der Waals surface area contributed by atoms with Crippen molar-refractivity contribution in [1.82, 2.24) is 5.43 Å². The maximum absolute atomic E-state index is 13.8. The number of ether oxygens (including phenoxy) is 1. The molecule has 0 radical (unpaired) electrons. The lowest BCUT2D eigenvalue weighted by atomic mass is 10.1. The minimum absolute atomic E-state index is 0.0000887. The number of amides is 1. The van der Waals surface area contributed by atoms with Crippen molar-refractivity contribution in [1.29, 1.82) is 0 Å². The second kappa shape index (κ2) is 12.1. The molecule has 0 unspecified atom stereocenters. The molecule has 194 valence electrons. The SMILES string of the molecule is CCOc1cc(/C=N\NC(=O)c2ccccc2N(Cc2ccccc2)S(=O)(=O)c2ccccc2)ccc1O. The number of aromatic hydroxyl groups is 1. The van der Waals surface area contributed by atoms with Crippen LogP contribution in [0.2, 0.25) is 0 Å². The van der Waals surface area contributed by atoms with Gasteiger partial charge in [0.15, 0.2) is 11.5 Å². The molecule has 9 heteroatoms. The Morgan fingerprint density at radius 2 is 1.61 bits per heavy atom. The maximum Gasteiger partial charge on any atom is 0.273 e.